The summed E-state index contributed by atoms with van der Waals surface area (Å²) >= 11 is 0. The Bertz CT molecular complexity index is 1110. The number of hydrogen-bond donors (Lipinski definition) is 5. The molecular weight excluding hydrogens is 484 g/mol. The van der Waals surface area contributed by atoms with Gasteiger partial charge in [0.25, 0.3) is 0 Å². The summed E-state index contributed by atoms with van der Waals surface area (Å²) in [7, 11) is 1.67. The summed E-state index contributed by atoms with van der Waals surface area (Å²) in [5.74, 6) is 0.337. The number of phenolic OH excluding ortho intramolecular Hbond substituents is 1. The Kier molecular flexibility index (Phi) is 10.8. The van der Waals surface area contributed by atoms with Crippen LogP contribution < -0.4 is 11.5 Å². The highest BCUT2D eigenvalue weighted by Crippen LogP contribution is 2.36. The Morgan fingerprint density at radius 3 is 2.79 bits per heavy atom. The summed E-state index contributed by atoms with van der Waals surface area (Å²) in [6, 6.07) is 6.54. The highest BCUT2D eigenvalue weighted by molar-refractivity contribution is 5.87. The van der Waals surface area contributed by atoms with Gasteiger partial charge in [-0.15, -0.1) is 0 Å². The molecule has 38 heavy (non-hydrogen) atoms. The lowest BCUT2D eigenvalue weighted by Gasteiger charge is -2.29. The van der Waals surface area contributed by atoms with Gasteiger partial charge in [-0.3, -0.25) is 4.79 Å². The van der Waals surface area contributed by atoms with E-state index in [1.165, 1.54) is 11.0 Å². The minimum atomic E-state index is -0.376. The zero-order valence-corrected chi connectivity index (χ0v) is 22.5. The Balaban J connectivity index is 1.93. The molecule has 0 saturated carbocycles. The highest BCUT2D eigenvalue weighted by atomic mass is 16.5. The van der Waals surface area contributed by atoms with E-state index in [9.17, 15) is 15.0 Å². The van der Waals surface area contributed by atoms with Crippen LogP contribution in [-0.2, 0) is 20.7 Å². The quantitative estimate of drug-likeness (QED) is 0.187. The van der Waals surface area contributed by atoms with Gasteiger partial charge in [0, 0.05) is 48.7 Å². The number of phenols is 1. The smallest absolute Gasteiger partial charge is 0.246 e. The normalized spacial score (nSPS) is 17.3. The maximum atomic E-state index is 12.2. The molecule has 3 rings (SSSR count). The van der Waals surface area contributed by atoms with Gasteiger partial charge in [0.05, 0.1) is 25.4 Å². The maximum absolute atomic E-state index is 12.2. The van der Waals surface area contributed by atoms with Crippen molar-refractivity contribution in [3.8, 4) is 5.75 Å². The van der Waals surface area contributed by atoms with Crippen LogP contribution in [0.1, 0.15) is 60.9 Å². The molecular formula is C29H42N4O5. The number of nitrogen functional groups attached to an aromatic ring is 1. The summed E-state index contributed by atoms with van der Waals surface area (Å²) in [6.45, 7) is 7.42. The van der Waals surface area contributed by atoms with E-state index in [4.69, 9.17) is 20.9 Å². The van der Waals surface area contributed by atoms with Gasteiger partial charge >= 0.3 is 0 Å². The number of H-pyrrole nitrogens is 1. The van der Waals surface area contributed by atoms with E-state index in [0.29, 0.717) is 43.1 Å². The number of aliphatic hydroxyl groups excluding tert-OH is 1. The van der Waals surface area contributed by atoms with Crippen LogP contribution in [0.25, 0.3) is 11.8 Å². The lowest BCUT2D eigenvalue weighted by atomic mass is 9.89. The third kappa shape index (κ3) is 7.18. The third-order valence-electron chi connectivity index (χ3n) is 7.28. The number of aromatic nitrogens is 1. The molecule has 3 atom stereocenters. The molecule has 1 fully saturated rings. The van der Waals surface area contributed by atoms with Crippen LogP contribution in [0, 0.1) is 0 Å². The fraction of sp³-hybridized carbons (Fsp3) is 0.483. The van der Waals surface area contributed by atoms with Crippen molar-refractivity contribution >= 4 is 23.5 Å². The Hall–Kier alpha value is -3.27. The van der Waals surface area contributed by atoms with Crippen molar-refractivity contribution in [2.24, 2.45) is 5.73 Å². The van der Waals surface area contributed by atoms with Gasteiger partial charge in [-0.2, -0.15) is 0 Å². The van der Waals surface area contributed by atoms with Crippen molar-refractivity contribution in [2.45, 2.75) is 57.1 Å². The number of aromatic hydroxyl groups is 1. The zero-order valence-electron chi connectivity index (χ0n) is 22.5. The molecule has 1 saturated heterocycles. The monoisotopic (exact) mass is 526 g/mol. The Morgan fingerprint density at radius 1 is 1.39 bits per heavy atom. The van der Waals surface area contributed by atoms with Gasteiger partial charge in [-0.1, -0.05) is 25.6 Å². The molecule has 2 heterocycles. The number of anilines is 1. The highest BCUT2D eigenvalue weighted by Gasteiger charge is 2.27. The number of carbonyl (C=O) groups is 1. The molecule has 9 nitrogen and oxygen atoms in total. The molecule has 1 aliphatic heterocycles. The molecule has 1 unspecified atom stereocenters. The average molecular weight is 527 g/mol. The van der Waals surface area contributed by atoms with Crippen LogP contribution in [0.15, 0.2) is 36.9 Å². The molecule has 208 valence electrons. The lowest BCUT2D eigenvalue weighted by Crippen LogP contribution is -2.39. The number of ether oxygens (including phenoxy) is 2. The van der Waals surface area contributed by atoms with Crippen molar-refractivity contribution in [3.05, 3.63) is 59.3 Å². The summed E-state index contributed by atoms with van der Waals surface area (Å²) in [4.78, 5) is 17.1. The topological polar surface area (TPSA) is 147 Å². The van der Waals surface area contributed by atoms with Crippen molar-refractivity contribution in [1.82, 2.24) is 9.88 Å². The molecule has 0 radical (unpaired) electrons. The molecule has 9 heteroatoms. The number of carbonyl (C=O) groups excluding carboxylic acids is 1. The van der Waals surface area contributed by atoms with Crippen molar-refractivity contribution in [1.29, 1.82) is 0 Å². The fourth-order valence-corrected chi connectivity index (χ4v) is 4.97. The van der Waals surface area contributed by atoms with E-state index in [1.807, 2.05) is 6.07 Å². The van der Waals surface area contributed by atoms with Crippen molar-refractivity contribution in [2.75, 3.05) is 39.2 Å². The number of rotatable bonds is 14. The van der Waals surface area contributed by atoms with Crippen LogP contribution in [0.5, 0.6) is 5.75 Å². The minimum Gasteiger partial charge on any atom is -0.507 e. The molecule has 1 amide bonds. The average Bonchev–Trinajstić information content (AvgIpc) is 3.55. The second-order valence-corrected chi connectivity index (χ2v) is 9.75. The van der Waals surface area contributed by atoms with Gasteiger partial charge < -0.3 is 41.0 Å². The molecule has 1 aromatic carbocycles. The molecule has 0 spiro atoms. The second kappa shape index (κ2) is 14.0. The van der Waals surface area contributed by atoms with E-state index in [0.717, 1.165) is 42.7 Å². The standard InChI is InChI=1S/C29H42N4O5/c1-4-19(15-20(17-34)33(3)27(36)5-2)28-22(10-8-13-38-21-12-14-37-18-21)24(29(31)32-28)16-25(30)23-9-6-7-11-26(23)35/h5-7,9,11,16,19-21,32,34-35H,2,4,8,10,12-15,17-18,30-31H2,1,3H3/b25-16-/t19-,20+,21?/m1/s1. The fourth-order valence-electron chi connectivity index (χ4n) is 4.97. The summed E-state index contributed by atoms with van der Waals surface area (Å²) in [5.41, 5.74) is 16.6. The van der Waals surface area contributed by atoms with Gasteiger partial charge in [0.15, 0.2) is 0 Å². The van der Waals surface area contributed by atoms with Crippen LogP contribution in [0.3, 0.4) is 0 Å². The van der Waals surface area contributed by atoms with E-state index in [2.05, 4.69) is 18.5 Å². The molecule has 7 N–H and O–H groups in total. The molecule has 0 aliphatic carbocycles. The van der Waals surface area contributed by atoms with Crippen LogP contribution in [-0.4, -0.2) is 71.6 Å². The second-order valence-electron chi connectivity index (χ2n) is 9.75. The number of para-hydroxylation sites is 1. The SMILES string of the molecule is C=CC(=O)N(C)[C@H](CO)C[C@@H](CC)c1[nH]c(N)c(/C=C(\N)c2ccccc2O)c1CCCOC1CCOC1. The van der Waals surface area contributed by atoms with E-state index >= 15 is 0 Å². The minimum absolute atomic E-state index is 0.00201. The van der Waals surface area contributed by atoms with Crippen molar-refractivity contribution < 1.29 is 24.5 Å². The number of benzene rings is 1. The Labute approximate surface area is 225 Å². The summed E-state index contributed by atoms with van der Waals surface area (Å²) in [6.07, 6.45) is 6.87. The summed E-state index contributed by atoms with van der Waals surface area (Å²) in [5, 5.41) is 20.4. The maximum Gasteiger partial charge on any atom is 0.246 e. The molecule has 0 bridgehead atoms. The lowest BCUT2D eigenvalue weighted by molar-refractivity contribution is -0.127. The molecule has 1 aromatic heterocycles. The number of hydrogen-bond acceptors (Lipinski definition) is 7. The van der Waals surface area contributed by atoms with Gasteiger partial charge in [0.2, 0.25) is 5.91 Å². The number of aromatic amines is 1. The van der Waals surface area contributed by atoms with Crippen molar-refractivity contribution in [3.63, 3.8) is 0 Å². The number of nitrogens with zero attached hydrogens (tertiary/aromatic N) is 1. The van der Waals surface area contributed by atoms with E-state index in [1.54, 1.807) is 31.3 Å². The number of nitrogens with two attached hydrogens (primary N) is 2. The number of amides is 1. The first-order valence-electron chi connectivity index (χ1n) is 13.3. The van der Waals surface area contributed by atoms with Crippen LogP contribution in [0.2, 0.25) is 0 Å². The zero-order chi connectivity index (χ0) is 27.7. The molecule has 1 aliphatic rings. The molecule has 2 aromatic rings. The van der Waals surface area contributed by atoms with Gasteiger partial charge in [0.1, 0.15) is 11.6 Å². The summed E-state index contributed by atoms with van der Waals surface area (Å²) < 4.78 is 11.4. The largest absolute Gasteiger partial charge is 0.507 e. The Morgan fingerprint density at radius 2 is 2.16 bits per heavy atom. The van der Waals surface area contributed by atoms with Gasteiger partial charge in [-0.25, -0.2) is 0 Å². The van der Waals surface area contributed by atoms with E-state index in [-0.39, 0.29) is 36.3 Å². The number of aliphatic hydroxyl groups is 1. The number of nitrogens with one attached hydrogen (secondary N) is 1. The first-order valence-corrected chi connectivity index (χ1v) is 13.3. The first kappa shape index (κ1) is 29.3. The van der Waals surface area contributed by atoms with Gasteiger partial charge in [-0.05, 0) is 62.0 Å². The first-order chi connectivity index (χ1) is 18.3. The van der Waals surface area contributed by atoms with E-state index < -0.39 is 0 Å². The predicted molar refractivity (Wildman–Crippen MR) is 150 cm³/mol. The van der Waals surface area contributed by atoms with Crippen LogP contribution in [0.4, 0.5) is 5.82 Å². The number of likely N-dealkylation sites (N-methyl/N-ethyl adjacent to an activating group) is 1. The predicted octanol–water partition coefficient (Wildman–Crippen LogP) is 3.39. The van der Waals surface area contributed by atoms with Crippen LogP contribution >= 0.6 is 0 Å². The third-order valence-corrected chi connectivity index (χ3v) is 7.28.